The van der Waals surface area contributed by atoms with Crippen molar-refractivity contribution in [2.45, 2.75) is 19.5 Å². The summed E-state index contributed by atoms with van der Waals surface area (Å²) in [5.74, 6) is 1.76. The van der Waals surface area contributed by atoms with E-state index in [-0.39, 0.29) is 0 Å². The van der Waals surface area contributed by atoms with Crippen LogP contribution in [0.15, 0.2) is 34.1 Å². The third-order valence-electron chi connectivity index (χ3n) is 3.10. The standard InChI is InChI=1S/C15H16BrNO2S/c16-14-6-5-12(20-14)10-17-9-11-3-1-4-13-15(11)19-8-2-7-18-13/h1,3-6,17H,2,7-10H2. The molecule has 0 saturated heterocycles. The molecule has 0 unspecified atom stereocenters. The summed E-state index contributed by atoms with van der Waals surface area (Å²) in [6.45, 7) is 3.10. The molecule has 1 aliphatic heterocycles. The Balaban J connectivity index is 1.65. The number of hydrogen-bond donors (Lipinski definition) is 1. The Morgan fingerprint density at radius 1 is 1.10 bits per heavy atom. The van der Waals surface area contributed by atoms with Crippen LogP contribution in [0.3, 0.4) is 0 Å². The van der Waals surface area contributed by atoms with E-state index in [1.54, 1.807) is 11.3 Å². The molecule has 1 aliphatic rings. The molecular formula is C15H16BrNO2S. The van der Waals surface area contributed by atoms with Crippen LogP contribution in [0.25, 0.3) is 0 Å². The summed E-state index contributed by atoms with van der Waals surface area (Å²) in [4.78, 5) is 1.32. The van der Waals surface area contributed by atoms with Crippen LogP contribution >= 0.6 is 27.3 Å². The van der Waals surface area contributed by atoms with Crippen LogP contribution in [0, 0.1) is 0 Å². The Morgan fingerprint density at radius 3 is 2.85 bits per heavy atom. The lowest BCUT2D eigenvalue weighted by Gasteiger charge is -2.12. The molecule has 0 fully saturated rings. The van der Waals surface area contributed by atoms with Crippen molar-refractivity contribution in [1.82, 2.24) is 5.32 Å². The van der Waals surface area contributed by atoms with Gasteiger partial charge < -0.3 is 14.8 Å². The first kappa shape index (κ1) is 13.9. The predicted molar refractivity (Wildman–Crippen MR) is 84.6 cm³/mol. The van der Waals surface area contributed by atoms with Gasteiger partial charge in [0.15, 0.2) is 11.5 Å². The van der Waals surface area contributed by atoms with E-state index in [4.69, 9.17) is 9.47 Å². The maximum absolute atomic E-state index is 5.82. The van der Waals surface area contributed by atoms with Crippen LogP contribution in [0.1, 0.15) is 16.9 Å². The minimum Gasteiger partial charge on any atom is -0.490 e. The Labute approximate surface area is 131 Å². The van der Waals surface area contributed by atoms with E-state index in [0.29, 0.717) is 0 Å². The first-order chi connectivity index (χ1) is 9.83. The van der Waals surface area contributed by atoms with Crippen molar-refractivity contribution in [3.8, 4) is 11.5 Å². The number of halogens is 1. The van der Waals surface area contributed by atoms with Crippen LogP contribution in [0.4, 0.5) is 0 Å². The van der Waals surface area contributed by atoms with Gasteiger partial charge in [-0.3, -0.25) is 0 Å². The van der Waals surface area contributed by atoms with E-state index in [2.05, 4.69) is 39.4 Å². The summed E-state index contributed by atoms with van der Waals surface area (Å²) in [5.41, 5.74) is 1.15. The van der Waals surface area contributed by atoms with E-state index in [0.717, 1.165) is 49.8 Å². The number of thiophene rings is 1. The zero-order chi connectivity index (χ0) is 13.8. The Kier molecular flexibility index (Phi) is 4.60. The molecule has 1 N–H and O–H groups in total. The molecule has 0 spiro atoms. The third-order valence-corrected chi connectivity index (χ3v) is 4.72. The molecule has 3 rings (SSSR count). The highest BCUT2D eigenvalue weighted by atomic mass is 79.9. The zero-order valence-electron chi connectivity index (χ0n) is 11.0. The maximum atomic E-state index is 5.82. The van der Waals surface area contributed by atoms with Crippen molar-refractivity contribution in [2.75, 3.05) is 13.2 Å². The lowest BCUT2D eigenvalue weighted by Crippen LogP contribution is -2.13. The molecule has 106 valence electrons. The molecule has 3 nitrogen and oxygen atoms in total. The molecule has 1 aromatic carbocycles. The fourth-order valence-corrected chi connectivity index (χ4v) is 3.61. The fraction of sp³-hybridized carbons (Fsp3) is 0.333. The molecule has 0 radical (unpaired) electrons. The summed E-state index contributed by atoms with van der Waals surface area (Å²) in [6.07, 6.45) is 0.935. The largest absolute Gasteiger partial charge is 0.490 e. The van der Waals surface area contributed by atoms with Gasteiger partial charge in [-0.2, -0.15) is 0 Å². The average molecular weight is 354 g/mol. The molecule has 20 heavy (non-hydrogen) atoms. The third kappa shape index (κ3) is 3.34. The Hall–Kier alpha value is -1.04. The number of benzene rings is 1. The van der Waals surface area contributed by atoms with Gasteiger partial charge in [-0.1, -0.05) is 12.1 Å². The van der Waals surface area contributed by atoms with Gasteiger partial charge in [0.2, 0.25) is 0 Å². The van der Waals surface area contributed by atoms with E-state index in [9.17, 15) is 0 Å². The van der Waals surface area contributed by atoms with Crippen molar-refractivity contribution in [3.05, 3.63) is 44.6 Å². The molecule has 2 heterocycles. The number of ether oxygens (including phenoxy) is 2. The molecule has 1 aromatic heterocycles. The van der Waals surface area contributed by atoms with Gasteiger partial charge in [0.1, 0.15) is 0 Å². The van der Waals surface area contributed by atoms with Gasteiger partial charge in [0.05, 0.1) is 17.0 Å². The van der Waals surface area contributed by atoms with Crippen molar-refractivity contribution in [1.29, 1.82) is 0 Å². The predicted octanol–water partition coefficient (Wildman–Crippen LogP) is 3.96. The smallest absolute Gasteiger partial charge is 0.165 e. The molecule has 0 aliphatic carbocycles. The van der Waals surface area contributed by atoms with Crippen molar-refractivity contribution < 1.29 is 9.47 Å². The van der Waals surface area contributed by atoms with Gasteiger partial charge in [0, 0.05) is 30.0 Å². The number of para-hydroxylation sites is 1. The van der Waals surface area contributed by atoms with Crippen molar-refractivity contribution in [3.63, 3.8) is 0 Å². The second-order valence-corrected chi connectivity index (χ2v) is 7.15. The SMILES string of the molecule is Brc1ccc(CNCc2cccc3c2OCCCO3)s1. The van der Waals surface area contributed by atoms with Crippen LogP contribution in [-0.4, -0.2) is 13.2 Å². The summed E-state index contributed by atoms with van der Waals surface area (Å²) in [7, 11) is 0. The second-order valence-electron chi connectivity index (χ2n) is 4.60. The minimum atomic E-state index is 0.724. The van der Waals surface area contributed by atoms with Crippen LogP contribution < -0.4 is 14.8 Å². The van der Waals surface area contributed by atoms with E-state index in [1.165, 1.54) is 8.66 Å². The average Bonchev–Trinajstić information content (AvgIpc) is 2.73. The highest BCUT2D eigenvalue weighted by molar-refractivity contribution is 9.11. The fourth-order valence-electron chi connectivity index (χ4n) is 2.16. The van der Waals surface area contributed by atoms with E-state index in [1.807, 2.05) is 12.1 Å². The second kappa shape index (κ2) is 6.61. The molecule has 0 bridgehead atoms. The molecular weight excluding hydrogens is 338 g/mol. The molecule has 0 amide bonds. The number of rotatable bonds is 4. The van der Waals surface area contributed by atoms with Gasteiger partial charge in [-0.05, 0) is 34.1 Å². The summed E-state index contributed by atoms with van der Waals surface area (Å²) >= 11 is 5.23. The van der Waals surface area contributed by atoms with E-state index < -0.39 is 0 Å². The maximum Gasteiger partial charge on any atom is 0.165 e. The Bertz CT molecular complexity index is 585. The normalized spacial score (nSPS) is 14.1. The summed E-state index contributed by atoms with van der Waals surface area (Å²) in [5, 5.41) is 3.46. The van der Waals surface area contributed by atoms with Gasteiger partial charge >= 0.3 is 0 Å². The van der Waals surface area contributed by atoms with Gasteiger partial charge in [-0.15, -0.1) is 11.3 Å². The number of hydrogen-bond acceptors (Lipinski definition) is 4. The number of fused-ring (bicyclic) bond motifs is 1. The highest BCUT2D eigenvalue weighted by Crippen LogP contribution is 2.33. The first-order valence-electron chi connectivity index (χ1n) is 6.65. The monoisotopic (exact) mass is 353 g/mol. The first-order valence-corrected chi connectivity index (χ1v) is 8.26. The van der Waals surface area contributed by atoms with Gasteiger partial charge in [0.25, 0.3) is 0 Å². The molecule has 5 heteroatoms. The highest BCUT2D eigenvalue weighted by Gasteiger charge is 2.13. The minimum absolute atomic E-state index is 0.724. The quantitative estimate of drug-likeness (QED) is 0.902. The molecule has 0 atom stereocenters. The molecule has 2 aromatic rings. The van der Waals surface area contributed by atoms with Crippen LogP contribution in [0.5, 0.6) is 11.5 Å². The number of nitrogens with one attached hydrogen (secondary N) is 1. The summed E-state index contributed by atoms with van der Waals surface area (Å²) < 4.78 is 12.7. The van der Waals surface area contributed by atoms with Gasteiger partial charge in [-0.25, -0.2) is 0 Å². The van der Waals surface area contributed by atoms with E-state index >= 15 is 0 Å². The van der Waals surface area contributed by atoms with Crippen LogP contribution in [-0.2, 0) is 13.1 Å². The zero-order valence-corrected chi connectivity index (χ0v) is 13.4. The Morgan fingerprint density at radius 2 is 2.00 bits per heavy atom. The van der Waals surface area contributed by atoms with Crippen LogP contribution in [0.2, 0.25) is 0 Å². The summed E-state index contributed by atoms with van der Waals surface area (Å²) in [6, 6.07) is 10.3. The lowest BCUT2D eigenvalue weighted by molar-refractivity contribution is 0.296. The molecule has 0 saturated carbocycles. The van der Waals surface area contributed by atoms with Crippen molar-refractivity contribution in [2.24, 2.45) is 0 Å². The van der Waals surface area contributed by atoms with Crippen molar-refractivity contribution >= 4 is 27.3 Å². The topological polar surface area (TPSA) is 30.5 Å². The lowest BCUT2D eigenvalue weighted by atomic mass is 10.2.